The van der Waals surface area contributed by atoms with Crippen LogP contribution in [0.1, 0.15) is 11.3 Å². The summed E-state index contributed by atoms with van der Waals surface area (Å²) in [6.45, 7) is 1.76. The van der Waals surface area contributed by atoms with Crippen LogP contribution in [0.5, 0.6) is 0 Å². The lowest BCUT2D eigenvalue weighted by Crippen LogP contribution is -2.41. The third kappa shape index (κ3) is 4.13. The molecule has 1 amide bonds. The molecule has 0 aliphatic carbocycles. The van der Waals surface area contributed by atoms with Gasteiger partial charge in [-0.05, 0) is 55.5 Å². The Kier molecular flexibility index (Phi) is 5.44. The molecule has 0 spiro atoms. The van der Waals surface area contributed by atoms with Crippen molar-refractivity contribution in [3.05, 3.63) is 105 Å². The summed E-state index contributed by atoms with van der Waals surface area (Å²) >= 11 is 0. The average Bonchev–Trinajstić information content (AvgIpc) is 2.77. The van der Waals surface area contributed by atoms with Crippen LogP contribution in [0.4, 0.5) is 4.39 Å². The van der Waals surface area contributed by atoms with Crippen molar-refractivity contribution in [2.24, 2.45) is 0 Å². The van der Waals surface area contributed by atoms with Crippen LogP contribution >= 0.6 is 0 Å². The van der Waals surface area contributed by atoms with Crippen LogP contribution in [0, 0.1) is 12.7 Å². The second kappa shape index (κ2) is 8.35. The van der Waals surface area contributed by atoms with Crippen LogP contribution in [-0.4, -0.2) is 20.0 Å². The molecule has 4 rings (SSSR count). The molecule has 2 heterocycles. The molecule has 0 atom stereocenters. The van der Waals surface area contributed by atoms with Crippen LogP contribution in [0.25, 0.3) is 16.6 Å². The first kappa shape index (κ1) is 20.2. The second-order valence-corrected chi connectivity index (χ2v) is 7.10. The predicted octanol–water partition coefficient (Wildman–Crippen LogP) is 2.31. The van der Waals surface area contributed by atoms with E-state index in [1.165, 1.54) is 28.8 Å². The molecule has 0 unspecified atom stereocenters. The maximum atomic E-state index is 13.4. The quantitative estimate of drug-likeness (QED) is 0.539. The molecule has 1 N–H and O–H groups in total. The average molecular weight is 418 g/mol. The summed E-state index contributed by atoms with van der Waals surface area (Å²) in [7, 11) is 0. The molecule has 2 aromatic carbocycles. The van der Waals surface area contributed by atoms with E-state index < -0.39 is 23.0 Å². The molecule has 0 fully saturated rings. The Morgan fingerprint density at radius 2 is 1.84 bits per heavy atom. The van der Waals surface area contributed by atoms with Crippen molar-refractivity contribution in [3.63, 3.8) is 0 Å². The lowest BCUT2D eigenvalue weighted by molar-refractivity contribution is -0.121. The zero-order valence-corrected chi connectivity index (χ0v) is 16.7. The molecule has 8 heteroatoms. The minimum Gasteiger partial charge on any atom is -0.349 e. The zero-order chi connectivity index (χ0) is 22.0. The van der Waals surface area contributed by atoms with E-state index in [1.54, 1.807) is 36.5 Å². The van der Waals surface area contributed by atoms with E-state index in [9.17, 15) is 18.8 Å². The molecule has 0 saturated heterocycles. The number of nitrogens with zero attached hydrogens (tertiary/aromatic N) is 3. The van der Waals surface area contributed by atoms with E-state index in [-0.39, 0.29) is 18.8 Å². The van der Waals surface area contributed by atoms with Crippen LogP contribution in [0.3, 0.4) is 0 Å². The lowest BCUT2D eigenvalue weighted by Gasteiger charge is -2.14. The van der Waals surface area contributed by atoms with Gasteiger partial charge in [-0.1, -0.05) is 17.7 Å². The van der Waals surface area contributed by atoms with Crippen molar-refractivity contribution in [2.75, 3.05) is 0 Å². The highest BCUT2D eigenvalue weighted by Crippen LogP contribution is 2.13. The Morgan fingerprint density at radius 3 is 2.55 bits per heavy atom. The number of halogens is 1. The molecule has 0 bridgehead atoms. The van der Waals surface area contributed by atoms with Crippen molar-refractivity contribution in [2.45, 2.75) is 20.0 Å². The highest BCUT2D eigenvalue weighted by Gasteiger charge is 2.17. The number of nitrogens with one attached hydrogen (secondary N) is 1. The Morgan fingerprint density at radius 1 is 1.06 bits per heavy atom. The van der Waals surface area contributed by atoms with Crippen LogP contribution in [-0.2, 0) is 17.9 Å². The van der Waals surface area contributed by atoms with E-state index in [0.29, 0.717) is 16.6 Å². The number of hydrogen-bond donors (Lipinski definition) is 1. The maximum absolute atomic E-state index is 13.4. The van der Waals surface area contributed by atoms with Crippen molar-refractivity contribution in [1.29, 1.82) is 0 Å². The number of rotatable bonds is 5. The third-order valence-corrected chi connectivity index (χ3v) is 4.88. The number of amides is 1. The van der Waals surface area contributed by atoms with E-state index in [1.807, 2.05) is 13.0 Å². The number of benzene rings is 2. The van der Waals surface area contributed by atoms with Gasteiger partial charge in [0.25, 0.3) is 5.56 Å². The van der Waals surface area contributed by atoms with Crippen molar-refractivity contribution >= 4 is 16.8 Å². The zero-order valence-electron chi connectivity index (χ0n) is 16.7. The number of fused-ring (bicyclic) bond motifs is 1. The monoisotopic (exact) mass is 418 g/mol. The molecule has 2 aromatic heterocycles. The van der Waals surface area contributed by atoms with Crippen LogP contribution in [0.15, 0.2) is 76.4 Å². The number of hydrogen-bond acceptors (Lipinski definition) is 4. The molecular formula is C23H19FN4O3. The molecule has 31 heavy (non-hydrogen) atoms. The topological polar surface area (TPSA) is 86.0 Å². The first-order chi connectivity index (χ1) is 14.9. The van der Waals surface area contributed by atoms with E-state index >= 15 is 0 Å². The van der Waals surface area contributed by atoms with Gasteiger partial charge in [0.1, 0.15) is 12.4 Å². The first-order valence-corrected chi connectivity index (χ1v) is 9.63. The van der Waals surface area contributed by atoms with Gasteiger partial charge >= 0.3 is 5.69 Å². The minimum atomic E-state index is -0.680. The largest absolute Gasteiger partial charge is 0.349 e. The smallest absolute Gasteiger partial charge is 0.336 e. The first-order valence-electron chi connectivity index (χ1n) is 9.63. The molecule has 7 nitrogen and oxygen atoms in total. The van der Waals surface area contributed by atoms with Crippen LogP contribution in [0.2, 0.25) is 0 Å². The Hall–Kier alpha value is -4.07. The second-order valence-electron chi connectivity index (χ2n) is 7.10. The fraction of sp³-hybridized carbons (Fsp3) is 0.130. The van der Waals surface area contributed by atoms with Gasteiger partial charge in [0, 0.05) is 6.20 Å². The van der Waals surface area contributed by atoms with Crippen molar-refractivity contribution < 1.29 is 9.18 Å². The normalized spacial score (nSPS) is 10.9. The highest BCUT2D eigenvalue weighted by molar-refractivity contribution is 5.82. The van der Waals surface area contributed by atoms with Gasteiger partial charge < -0.3 is 5.32 Å². The number of carbonyl (C=O) groups is 1. The summed E-state index contributed by atoms with van der Waals surface area (Å²) in [5.74, 6) is -0.887. The molecule has 4 aromatic rings. The Bertz CT molecular complexity index is 1380. The fourth-order valence-electron chi connectivity index (χ4n) is 3.35. The minimum absolute atomic E-state index is 0.211. The van der Waals surface area contributed by atoms with E-state index in [2.05, 4.69) is 10.3 Å². The summed E-state index contributed by atoms with van der Waals surface area (Å²) in [6, 6.07) is 15.5. The SMILES string of the molecule is Cc1ccc2c(c1)c(=O)n(-c1ccc(F)cc1)c(=O)n2CC(=O)NCc1ccccn1. The molecule has 0 aliphatic rings. The lowest BCUT2D eigenvalue weighted by atomic mass is 10.1. The number of aryl methyl sites for hydroxylation is 1. The van der Waals surface area contributed by atoms with Gasteiger partial charge in [-0.15, -0.1) is 0 Å². The summed E-state index contributed by atoms with van der Waals surface area (Å²) < 4.78 is 15.6. The molecule has 0 radical (unpaired) electrons. The summed E-state index contributed by atoms with van der Waals surface area (Å²) in [5.41, 5.74) is 0.885. The Labute approximate surface area is 176 Å². The molecular weight excluding hydrogens is 399 g/mol. The molecule has 0 aliphatic heterocycles. The number of carbonyl (C=O) groups excluding carboxylic acids is 1. The number of pyridine rings is 1. The van der Waals surface area contributed by atoms with Crippen molar-refractivity contribution in [1.82, 2.24) is 19.4 Å². The van der Waals surface area contributed by atoms with E-state index in [4.69, 9.17) is 0 Å². The Balaban J connectivity index is 1.78. The maximum Gasteiger partial charge on any atom is 0.336 e. The fourth-order valence-corrected chi connectivity index (χ4v) is 3.35. The van der Waals surface area contributed by atoms with E-state index in [0.717, 1.165) is 10.1 Å². The van der Waals surface area contributed by atoms with Crippen LogP contribution < -0.4 is 16.6 Å². The number of aromatic nitrogens is 3. The molecule has 156 valence electrons. The van der Waals surface area contributed by atoms with Gasteiger partial charge in [-0.25, -0.2) is 13.8 Å². The summed E-state index contributed by atoms with van der Waals surface area (Å²) in [5, 5.41) is 3.03. The standard InChI is InChI=1S/C23H19FN4O3/c1-15-5-10-20-19(12-15)22(30)28(18-8-6-16(24)7-9-18)23(31)27(20)14-21(29)26-13-17-4-2-3-11-25-17/h2-12H,13-14H2,1H3,(H,26,29). The summed E-state index contributed by atoms with van der Waals surface area (Å²) in [4.78, 5) is 43.0. The van der Waals surface area contributed by atoms with Gasteiger partial charge in [-0.3, -0.25) is 19.1 Å². The third-order valence-electron chi connectivity index (χ3n) is 4.88. The van der Waals surface area contributed by atoms with Crippen molar-refractivity contribution in [3.8, 4) is 5.69 Å². The van der Waals surface area contributed by atoms with Gasteiger partial charge in [0.2, 0.25) is 5.91 Å². The molecule has 0 saturated carbocycles. The predicted molar refractivity (Wildman–Crippen MR) is 115 cm³/mol. The summed E-state index contributed by atoms with van der Waals surface area (Å²) in [6.07, 6.45) is 1.63. The van der Waals surface area contributed by atoms with Gasteiger partial charge in [-0.2, -0.15) is 0 Å². The highest BCUT2D eigenvalue weighted by atomic mass is 19.1. The van der Waals surface area contributed by atoms with Gasteiger partial charge in [0.15, 0.2) is 0 Å². The van der Waals surface area contributed by atoms with Gasteiger partial charge in [0.05, 0.1) is 28.8 Å².